The highest BCUT2D eigenvalue weighted by Crippen LogP contribution is 2.32. The Kier molecular flexibility index (Phi) is 6.62. The molecule has 1 saturated heterocycles. The van der Waals surface area contributed by atoms with Crippen LogP contribution < -0.4 is 0 Å². The first kappa shape index (κ1) is 21.2. The molecule has 1 amide bonds. The third kappa shape index (κ3) is 4.42. The monoisotopic (exact) mass is 400 g/mol. The third-order valence-electron chi connectivity index (χ3n) is 4.42. The van der Waals surface area contributed by atoms with Gasteiger partial charge in [0.15, 0.2) is 12.0 Å². The van der Waals surface area contributed by atoms with Crippen molar-refractivity contribution in [2.24, 2.45) is 5.41 Å². The fourth-order valence-corrected chi connectivity index (χ4v) is 2.83. The molecule has 1 aliphatic rings. The van der Waals surface area contributed by atoms with E-state index >= 15 is 0 Å². The highest BCUT2D eigenvalue weighted by Gasteiger charge is 2.44. The Balaban J connectivity index is 2.06. The highest BCUT2D eigenvalue weighted by molar-refractivity contribution is 5.81. The van der Waals surface area contributed by atoms with E-state index in [2.05, 4.69) is 11.0 Å². The van der Waals surface area contributed by atoms with Crippen molar-refractivity contribution in [3.8, 4) is 18.4 Å². The van der Waals surface area contributed by atoms with Gasteiger partial charge in [0.05, 0.1) is 6.07 Å². The van der Waals surface area contributed by atoms with Crippen LogP contribution in [-0.2, 0) is 20.9 Å². The van der Waals surface area contributed by atoms with Crippen molar-refractivity contribution in [2.45, 2.75) is 32.2 Å². The lowest BCUT2D eigenvalue weighted by molar-refractivity contribution is -0.155. The van der Waals surface area contributed by atoms with Crippen LogP contribution in [0.2, 0.25) is 0 Å². The summed E-state index contributed by atoms with van der Waals surface area (Å²) >= 11 is 0. The summed E-state index contributed by atoms with van der Waals surface area (Å²) in [5, 5.41) is 12.7. The molecule has 0 radical (unpaired) electrons. The van der Waals surface area contributed by atoms with Gasteiger partial charge in [-0.2, -0.15) is 10.4 Å². The fraction of sp³-hybridized carbons (Fsp3) is 0.529. The molecule has 0 aliphatic carbocycles. The van der Waals surface area contributed by atoms with E-state index in [0.717, 1.165) is 0 Å². The van der Waals surface area contributed by atoms with Gasteiger partial charge in [0, 0.05) is 13.1 Å². The molecule has 11 heteroatoms. The van der Waals surface area contributed by atoms with Gasteiger partial charge >= 0.3 is 5.97 Å². The van der Waals surface area contributed by atoms with E-state index in [1.807, 2.05) is 6.07 Å². The van der Waals surface area contributed by atoms with Gasteiger partial charge in [-0.1, -0.05) is 5.92 Å². The molecule has 0 saturated carbocycles. The summed E-state index contributed by atoms with van der Waals surface area (Å²) in [7, 11) is 0. The lowest BCUT2D eigenvalue weighted by atomic mass is 9.80. The number of hydrogen-bond acceptors (Lipinski definition) is 5. The number of amides is 1. The Morgan fingerprint density at radius 2 is 1.93 bits per heavy atom. The van der Waals surface area contributed by atoms with E-state index in [0.29, 0.717) is 10.7 Å². The molecule has 1 aliphatic heterocycles. The number of nitrogens with zero attached hydrogens (tertiary/aromatic N) is 4. The van der Waals surface area contributed by atoms with E-state index in [1.165, 1.54) is 4.90 Å². The number of piperidine rings is 1. The van der Waals surface area contributed by atoms with Crippen LogP contribution in [0.5, 0.6) is 0 Å². The number of terminal acetylenes is 1. The predicted molar refractivity (Wildman–Crippen MR) is 85.8 cm³/mol. The first-order chi connectivity index (χ1) is 13.2. The van der Waals surface area contributed by atoms with Gasteiger partial charge in [0.1, 0.15) is 17.9 Å². The van der Waals surface area contributed by atoms with Gasteiger partial charge in [-0.05, 0) is 18.9 Å². The molecule has 0 aromatic carbocycles. The maximum Gasteiger partial charge on any atom is 0.327 e. The number of carbonyl (C=O) groups excluding carboxylic acids is 2. The summed E-state index contributed by atoms with van der Waals surface area (Å²) in [5.74, 6) is 0.688. The molecule has 1 aromatic rings. The highest BCUT2D eigenvalue weighted by atomic mass is 19.3. The molecule has 28 heavy (non-hydrogen) atoms. The van der Waals surface area contributed by atoms with Crippen LogP contribution in [0.1, 0.15) is 37.1 Å². The van der Waals surface area contributed by atoms with E-state index in [4.69, 9.17) is 11.2 Å². The van der Waals surface area contributed by atoms with Gasteiger partial charge in [0.2, 0.25) is 5.91 Å². The predicted octanol–water partition coefficient (Wildman–Crippen LogP) is 2.07. The normalized spacial score (nSPS) is 15.9. The van der Waals surface area contributed by atoms with Crippen molar-refractivity contribution in [1.82, 2.24) is 14.7 Å². The molecule has 2 heterocycles. The van der Waals surface area contributed by atoms with E-state index in [1.54, 1.807) is 0 Å². The van der Waals surface area contributed by atoms with E-state index in [9.17, 15) is 32.4 Å². The van der Waals surface area contributed by atoms with Crippen molar-refractivity contribution < 1.29 is 31.9 Å². The molecule has 2 rings (SSSR count). The van der Waals surface area contributed by atoms with Crippen LogP contribution in [0, 0.1) is 29.1 Å². The second kappa shape index (κ2) is 8.74. The van der Waals surface area contributed by atoms with Crippen LogP contribution in [-0.4, -0.2) is 46.3 Å². The summed E-state index contributed by atoms with van der Waals surface area (Å²) in [6.45, 7) is -0.963. The number of ether oxygens (including phenoxy) is 1. The van der Waals surface area contributed by atoms with Crippen molar-refractivity contribution >= 4 is 11.9 Å². The lowest BCUT2D eigenvalue weighted by Crippen LogP contribution is -2.47. The molecule has 7 nitrogen and oxygen atoms in total. The summed E-state index contributed by atoms with van der Waals surface area (Å²) in [6, 6.07) is 2.45. The zero-order chi connectivity index (χ0) is 20.9. The number of rotatable bonds is 6. The molecule has 150 valence electrons. The smallest absolute Gasteiger partial charge is 0.327 e. The molecule has 0 atom stereocenters. The maximum absolute atomic E-state index is 13.0. The van der Waals surface area contributed by atoms with Gasteiger partial charge < -0.3 is 9.64 Å². The minimum Gasteiger partial charge on any atom is -0.451 e. The van der Waals surface area contributed by atoms with Crippen LogP contribution >= 0.6 is 0 Å². The summed E-state index contributed by atoms with van der Waals surface area (Å²) in [5.41, 5.74) is -3.08. The molecule has 0 N–H and O–H groups in total. The van der Waals surface area contributed by atoms with Gasteiger partial charge in [0.25, 0.3) is 12.9 Å². The van der Waals surface area contributed by atoms with Crippen LogP contribution in [0.25, 0.3) is 0 Å². The largest absolute Gasteiger partial charge is 0.451 e. The van der Waals surface area contributed by atoms with Gasteiger partial charge in [-0.25, -0.2) is 17.6 Å². The van der Waals surface area contributed by atoms with Crippen molar-refractivity contribution in [3.63, 3.8) is 0 Å². The quantitative estimate of drug-likeness (QED) is 0.414. The SMILES string of the molecule is C#CCOC(=O)C1(C#N)CCN(C(=O)Cn2nc(C(F)F)cc2C(F)F)CC1. The first-order valence-corrected chi connectivity index (χ1v) is 8.17. The van der Waals surface area contributed by atoms with Gasteiger partial charge in [-0.15, -0.1) is 6.42 Å². The Labute approximate surface area is 157 Å². The lowest BCUT2D eigenvalue weighted by Gasteiger charge is -2.35. The number of aromatic nitrogens is 2. The minimum absolute atomic E-state index is 0.00939. The maximum atomic E-state index is 13.0. The zero-order valence-electron chi connectivity index (χ0n) is 14.6. The number of likely N-dealkylation sites (tertiary alicyclic amines) is 1. The molecule has 0 bridgehead atoms. The van der Waals surface area contributed by atoms with Crippen molar-refractivity contribution in [1.29, 1.82) is 5.26 Å². The molecule has 1 fully saturated rings. The zero-order valence-corrected chi connectivity index (χ0v) is 14.6. The second-order valence-corrected chi connectivity index (χ2v) is 6.11. The average Bonchev–Trinajstić information content (AvgIpc) is 3.10. The molecule has 0 spiro atoms. The summed E-state index contributed by atoms with van der Waals surface area (Å²) in [6.07, 6.45) is -1.17. The topological polar surface area (TPSA) is 88.2 Å². The number of hydrogen-bond donors (Lipinski definition) is 0. The Morgan fingerprint density at radius 3 is 2.43 bits per heavy atom. The number of alkyl halides is 4. The van der Waals surface area contributed by atoms with Crippen LogP contribution in [0.3, 0.4) is 0 Å². The molecule has 0 unspecified atom stereocenters. The molecular weight excluding hydrogens is 384 g/mol. The first-order valence-electron chi connectivity index (χ1n) is 8.17. The van der Waals surface area contributed by atoms with Crippen molar-refractivity contribution in [2.75, 3.05) is 19.7 Å². The standard InChI is InChI=1S/C17H16F4N4O3/c1-2-7-28-16(27)17(10-22)3-5-24(6-4-17)13(26)9-25-12(15(20)21)8-11(23-25)14(18)19/h1,8,14-15H,3-7,9H2. The van der Waals surface area contributed by atoms with E-state index < -0.39 is 48.1 Å². The Bertz CT molecular complexity index is 817. The number of esters is 1. The number of halogens is 4. The Hall–Kier alpha value is -3.08. The summed E-state index contributed by atoms with van der Waals surface area (Å²) in [4.78, 5) is 25.7. The number of carbonyl (C=O) groups is 2. The molecule has 1 aromatic heterocycles. The second-order valence-electron chi connectivity index (χ2n) is 6.11. The number of nitriles is 1. The van der Waals surface area contributed by atoms with Gasteiger partial charge in [-0.3, -0.25) is 14.3 Å². The summed E-state index contributed by atoms with van der Waals surface area (Å²) < 4.78 is 56.8. The fourth-order valence-electron chi connectivity index (χ4n) is 2.83. The Morgan fingerprint density at radius 1 is 1.29 bits per heavy atom. The average molecular weight is 400 g/mol. The van der Waals surface area contributed by atoms with Crippen molar-refractivity contribution in [3.05, 3.63) is 17.5 Å². The van der Waals surface area contributed by atoms with E-state index in [-0.39, 0.29) is 32.5 Å². The third-order valence-corrected chi connectivity index (χ3v) is 4.42. The van der Waals surface area contributed by atoms with Crippen LogP contribution in [0.15, 0.2) is 6.07 Å². The molecular formula is C17H16F4N4O3. The minimum atomic E-state index is -3.08. The van der Waals surface area contributed by atoms with Crippen LogP contribution in [0.4, 0.5) is 17.6 Å².